The van der Waals surface area contributed by atoms with E-state index in [4.69, 9.17) is 9.15 Å². The normalized spacial score (nSPS) is 14.2. The third-order valence-electron chi connectivity index (χ3n) is 6.14. The molecule has 3 amide bonds. The van der Waals surface area contributed by atoms with Crippen LogP contribution in [0.15, 0.2) is 77.3 Å². The lowest BCUT2D eigenvalue weighted by atomic mass is 9.89. The van der Waals surface area contributed by atoms with Crippen LogP contribution in [-0.4, -0.2) is 34.9 Å². The van der Waals surface area contributed by atoms with Gasteiger partial charge in [0.15, 0.2) is 5.76 Å². The van der Waals surface area contributed by atoms with Crippen LogP contribution in [0, 0.1) is 0 Å². The molecular weight excluding hydrogens is 432 g/mol. The number of aromatic amines is 1. The number of carbonyl (C=O) groups excluding carboxylic acids is 2. The minimum Gasteiger partial charge on any atom is -0.486 e. The monoisotopic (exact) mass is 458 g/mol. The molecule has 8 nitrogen and oxygen atoms in total. The number of benzene rings is 2. The summed E-state index contributed by atoms with van der Waals surface area (Å²) in [5.41, 5.74) is 7.35. The highest BCUT2D eigenvalue weighted by Gasteiger charge is 2.26. The number of para-hydroxylation sites is 2. The van der Waals surface area contributed by atoms with Gasteiger partial charge in [0.25, 0.3) is 0 Å². The van der Waals surface area contributed by atoms with Gasteiger partial charge in [-0.2, -0.15) is 0 Å². The minimum absolute atomic E-state index is 0.102. The van der Waals surface area contributed by atoms with Crippen molar-refractivity contribution in [3.8, 4) is 5.75 Å². The standard InChI is InChI=1S/C26H26N4O4/c31-25(24-11-10-20(34-24)17-33-19-6-2-1-3-7-19)28-29-26(32)30-14-12-18(13-15-30)22-16-27-23-9-5-4-8-21(22)23/h1-11,16,18,27H,12-15,17H2,(H,28,31)(H,29,32). The van der Waals surface area contributed by atoms with Gasteiger partial charge in [-0.15, -0.1) is 0 Å². The first-order valence-electron chi connectivity index (χ1n) is 11.4. The predicted octanol–water partition coefficient (Wildman–Crippen LogP) is 4.57. The Morgan fingerprint density at radius 2 is 1.74 bits per heavy atom. The van der Waals surface area contributed by atoms with Gasteiger partial charge in [0.05, 0.1) is 0 Å². The summed E-state index contributed by atoms with van der Waals surface area (Å²) < 4.78 is 11.1. The number of H-pyrrole nitrogens is 1. The summed E-state index contributed by atoms with van der Waals surface area (Å²) in [6.45, 7) is 1.44. The molecule has 8 heteroatoms. The number of furan rings is 1. The van der Waals surface area contributed by atoms with Crippen molar-refractivity contribution in [3.05, 3.63) is 90.0 Å². The Balaban J connectivity index is 1.08. The van der Waals surface area contributed by atoms with Crippen molar-refractivity contribution in [2.45, 2.75) is 25.4 Å². The first kappa shape index (κ1) is 21.6. The molecule has 174 valence electrons. The molecule has 1 fully saturated rings. The number of aromatic nitrogens is 1. The Kier molecular flexibility index (Phi) is 6.20. The maximum Gasteiger partial charge on any atom is 0.336 e. The maximum atomic E-state index is 12.5. The zero-order valence-corrected chi connectivity index (χ0v) is 18.6. The first-order valence-corrected chi connectivity index (χ1v) is 11.4. The topological polar surface area (TPSA) is 99.6 Å². The van der Waals surface area contributed by atoms with E-state index in [1.165, 1.54) is 10.9 Å². The molecule has 2 aromatic heterocycles. The first-order chi connectivity index (χ1) is 16.7. The van der Waals surface area contributed by atoms with Gasteiger partial charge in [-0.05, 0) is 54.7 Å². The van der Waals surface area contributed by atoms with Gasteiger partial charge in [0, 0.05) is 30.2 Å². The zero-order valence-electron chi connectivity index (χ0n) is 18.6. The number of ether oxygens (including phenoxy) is 1. The molecule has 5 rings (SSSR count). The van der Waals surface area contributed by atoms with Crippen LogP contribution in [0.2, 0.25) is 0 Å². The van der Waals surface area contributed by atoms with Gasteiger partial charge in [0.2, 0.25) is 0 Å². The van der Waals surface area contributed by atoms with Crippen molar-refractivity contribution < 1.29 is 18.7 Å². The summed E-state index contributed by atoms with van der Waals surface area (Å²) in [5.74, 6) is 1.21. The third-order valence-corrected chi connectivity index (χ3v) is 6.14. The van der Waals surface area contributed by atoms with Crippen molar-refractivity contribution in [3.63, 3.8) is 0 Å². The Hall–Kier alpha value is -4.20. The van der Waals surface area contributed by atoms with Gasteiger partial charge in [-0.1, -0.05) is 36.4 Å². The van der Waals surface area contributed by atoms with Crippen molar-refractivity contribution in [1.29, 1.82) is 0 Å². The molecule has 0 aliphatic carbocycles. The zero-order chi connectivity index (χ0) is 23.3. The quantitative estimate of drug-likeness (QED) is 0.381. The Bertz CT molecular complexity index is 1270. The highest BCUT2D eigenvalue weighted by atomic mass is 16.5. The summed E-state index contributed by atoms with van der Waals surface area (Å²) in [5, 5.41) is 1.24. The smallest absolute Gasteiger partial charge is 0.336 e. The number of nitrogens with one attached hydrogen (secondary N) is 3. The fourth-order valence-electron chi connectivity index (χ4n) is 4.32. The molecule has 4 aromatic rings. The summed E-state index contributed by atoms with van der Waals surface area (Å²) in [4.78, 5) is 30.0. The van der Waals surface area contributed by atoms with E-state index in [0.717, 1.165) is 18.4 Å². The van der Waals surface area contributed by atoms with E-state index in [1.54, 1.807) is 17.0 Å². The van der Waals surface area contributed by atoms with Crippen molar-refractivity contribution in [2.75, 3.05) is 13.1 Å². The lowest BCUT2D eigenvalue weighted by Crippen LogP contribution is -2.50. The molecular formula is C26H26N4O4. The average Bonchev–Trinajstić information content (AvgIpc) is 3.54. The van der Waals surface area contributed by atoms with Crippen LogP contribution >= 0.6 is 0 Å². The van der Waals surface area contributed by atoms with E-state index >= 15 is 0 Å². The molecule has 0 unspecified atom stereocenters. The van der Waals surface area contributed by atoms with Crippen LogP contribution in [0.4, 0.5) is 4.79 Å². The Morgan fingerprint density at radius 3 is 2.56 bits per heavy atom. The number of nitrogens with zero attached hydrogens (tertiary/aromatic N) is 1. The van der Waals surface area contributed by atoms with Crippen LogP contribution in [0.3, 0.4) is 0 Å². The summed E-state index contributed by atoms with van der Waals surface area (Å²) in [6, 6.07) is 20.5. The Labute approximate surface area is 196 Å². The number of carbonyl (C=O) groups is 2. The van der Waals surface area contributed by atoms with Crippen LogP contribution in [0.1, 0.15) is 40.6 Å². The van der Waals surface area contributed by atoms with Gasteiger partial charge in [0.1, 0.15) is 18.1 Å². The van der Waals surface area contributed by atoms with Gasteiger partial charge < -0.3 is 19.0 Å². The third kappa shape index (κ3) is 4.76. The molecule has 0 bridgehead atoms. The SMILES string of the molecule is O=C(NNC(=O)N1CCC(c2c[nH]c3ccccc23)CC1)c1ccc(COc2ccccc2)o1. The number of likely N-dealkylation sites (tertiary alicyclic amines) is 1. The number of hydrogen-bond acceptors (Lipinski definition) is 4. The van der Waals surface area contributed by atoms with E-state index in [9.17, 15) is 9.59 Å². The van der Waals surface area contributed by atoms with Gasteiger partial charge in [-0.25, -0.2) is 10.2 Å². The van der Waals surface area contributed by atoms with Crippen LogP contribution in [-0.2, 0) is 6.61 Å². The largest absolute Gasteiger partial charge is 0.486 e. The molecule has 1 aliphatic heterocycles. The van der Waals surface area contributed by atoms with Crippen LogP contribution < -0.4 is 15.6 Å². The van der Waals surface area contributed by atoms with E-state index in [-0.39, 0.29) is 18.4 Å². The number of urea groups is 1. The lowest BCUT2D eigenvalue weighted by Gasteiger charge is -2.31. The molecule has 0 atom stereocenters. The molecule has 0 spiro atoms. The van der Waals surface area contributed by atoms with E-state index in [0.29, 0.717) is 30.5 Å². The molecule has 3 heterocycles. The van der Waals surface area contributed by atoms with Crippen molar-refractivity contribution in [2.24, 2.45) is 0 Å². The van der Waals surface area contributed by atoms with E-state index < -0.39 is 5.91 Å². The highest BCUT2D eigenvalue weighted by Crippen LogP contribution is 2.33. The summed E-state index contributed by atoms with van der Waals surface area (Å²) >= 11 is 0. The highest BCUT2D eigenvalue weighted by molar-refractivity contribution is 5.92. The second-order valence-corrected chi connectivity index (χ2v) is 8.30. The molecule has 2 aromatic carbocycles. The molecule has 0 saturated carbocycles. The van der Waals surface area contributed by atoms with Crippen molar-refractivity contribution in [1.82, 2.24) is 20.7 Å². The van der Waals surface area contributed by atoms with Gasteiger partial charge in [-0.3, -0.25) is 10.2 Å². The van der Waals surface area contributed by atoms with Gasteiger partial charge >= 0.3 is 11.9 Å². The Morgan fingerprint density at radius 1 is 0.971 bits per heavy atom. The molecule has 34 heavy (non-hydrogen) atoms. The number of hydrogen-bond donors (Lipinski definition) is 3. The fraction of sp³-hybridized carbons (Fsp3) is 0.231. The molecule has 1 aliphatic rings. The van der Waals surface area contributed by atoms with Crippen molar-refractivity contribution >= 4 is 22.8 Å². The minimum atomic E-state index is -0.520. The number of amides is 3. The summed E-state index contributed by atoms with van der Waals surface area (Å²) in [7, 11) is 0. The average molecular weight is 459 g/mol. The molecule has 1 saturated heterocycles. The molecule has 3 N–H and O–H groups in total. The maximum absolute atomic E-state index is 12.5. The lowest BCUT2D eigenvalue weighted by molar-refractivity contribution is 0.0895. The fourth-order valence-corrected chi connectivity index (χ4v) is 4.32. The second kappa shape index (κ2) is 9.74. The second-order valence-electron chi connectivity index (χ2n) is 8.30. The number of piperidine rings is 1. The van der Waals surface area contributed by atoms with E-state index in [2.05, 4.69) is 34.2 Å². The van der Waals surface area contributed by atoms with E-state index in [1.807, 2.05) is 42.5 Å². The number of rotatable bonds is 5. The van der Waals surface area contributed by atoms with Crippen LogP contribution in [0.5, 0.6) is 5.75 Å². The van der Waals surface area contributed by atoms with Crippen LogP contribution in [0.25, 0.3) is 10.9 Å². The predicted molar refractivity (Wildman–Crippen MR) is 127 cm³/mol. The number of fused-ring (bicyclic) bond motifs is 1. The molecule has 0 radical (unpaired) electrons. The number of hydrazine groups is 1. The summed E-state index contributed by atoms with van der Waals surface area (Å²) in [6.07, 6.45) is 3.81.